The summed E-state index contributed by atoms with van der Waals surface area (Å²) in [6.07, 6.45) is 0.923. The molecule has 0 saturated heterocycles. The minimum Gasteiger partial charge on any atom is -0.355 e. The zero-order valence-corrected chi connectivity index (χ0v) is 20.1. The van der Waals surface area contributed by atoms with Gasteiger partial charge in [0.2, 0.25) is 21.8 Å². The third-order valence-electron chi connectivity index (χ3n) is 4.63. The minimum atomic E-state index is -3.93. The molecule has 0 aliphatic rings. The molecule has 174 valence electrons. The van der Waals surface area contributed by atoms with Crippen LogP contribution in [0.25, 0.3) is 0 Å². The van der Waals surface area contributed by atoms with E-state index in [0.717, 1.165) is 22.7 Å². The second-order valence-electron chi connectivity index (χ2n) is 7.09. The van der Waals surface area contributed by atoms with Crippen molar-refractivity contribution < 1.29 is 22.4 Å². The van der Waals surface area contributed by atoms with Gasteiger partial charge in [-0.05, 0) is 49.7 Å². The number of nitrogens with one attached hydrogen (secondary N) is 1. The van der Waals surface area contributed by atoms with Crippen molar-refractivity contribution in [2.75, 3.05) is 23.7 Å². The van der Waals surface area contributed by atoms with Crippen molar-refractivity contribution in [2.24, 2.45) is 0 Å². The Morgan fingerprint density at radius 3 is 2.41 bits per heavy atom. The number of benzene rings is 2. The van der Waals surface area contributed by atoms with Crippen molar-refractivity contribution in [2.45, 2.75) is 26.4 Å². The Labute approximate surface area is 197 Å². The highest BCUT2D eigenvalue weighted by Crippen LogP contribution is 2.25. The Kier molecular flexibility index (Phi) is 8.89. The first kappa shape index (κ1) is 25.9. The van der Waals surface area contributed by atoms with Crippen LogP contribution in [0.2, 0.25) is 10.0 Å². The lowest BCUT2D eigenvalue weighted by molar-refractivity contribution is -0.139. The molecule has 2 aromatic rings. The van der Waals surface area contributed by atoms with Gasteiger partial charge in [0.1, 0.15) is 18.4 Å². The first-order valence-electron chi connectivity index (χ1n) is 9.68. The molecule has 0 aliphatic carbocycles. The van der Waals surface area contributed by atoms with E-state index in [0.29, 0.717) is 17.1 Å². The molecule has 1 atom stereocenters. The van der Waals surface area contributed by atoms with Gasteiger partial charge in [0.15, 0.2) is 0 Å². The SMILES string of the molecule is CCNC(=O)C(C)N(Cc1cccc(Cl)c1)C(=O)CN(c1ccc(F)c(Cl)c1)S(C)(=O)=O. The Balaban J connectivity index is 2.40. The zero-order valence-electron chi connectivity index (χ0n) is 17.8. The van der Waals surface area contributed by atoms with E-state index < -0.39 is 40.2 Å². The quantitative estimate of drug-likeness (QED) is 0.567. The topological polar surface area (TPSA) is 86.8 Å². The van der Waals surface area contributed by atoms with Crippen molar-refractivity contribution >= 4 is 50.7 Å². The summed E-state index contributed by atoms with van der Waals surface area (Å²) < 4.78 is 39.2. The van der Waals surface area contributed by atoms with Gasteiger partial charge < -0.3 is 10.2 Å². The average Bonchev–Trinajstić information content (AvgIpc) is 2.71. The van der Waals surface area contributed by atoms with E-state index in [1.54, 1.807) is 38.1 Å². The Morgan fingerprint density at radius 1 is 1.16 bits per heavy atom. The van der Waals surface area contributed by atoms with Gasteiger partial charge in [-0.2, -0.15) is 0 Å². The van der Waals surface area contributed by atoms with Crippen LogP contribution in [0.15, 0.2) is 42.5 Å². The fraction of sp³-hybridized carbons (Fsp3) is 0.333. The maximum Gasteiger partial charge on any atom is 0.244 e. The zero-order chi connectivity index (χ0) is 24.1. The molecule has 32 heavy (non-hydrogen) atoms. The fourth-order valence-corrected chi connectivity index (χ4v) is 4.22. The van der Waals surface area contributed by atoms with Gasteiger partial charge in [-0.3, -0.25) is 13.9 Å². The number of carbonyl (C=O) groups is 2. The molecular formula is C21H24Cl2FN3O4S. The number of carbonyl (C=O) groups excluding carboxylic acids is 2. The number of rotatable bonds is 9. The number of likely N-dealkylation sites (N-methyl/N-ethyl adjacent to an activating group) is 1. The molecule has 1 unspecified atom stereocenters. The van der Waals surface area contributed by atoms with Crippen molar-refractivity contribution in [3.8, 4) is 0 Å². The van der Waals surface area contributed by atoms with Crippen molar-refractivity contribution in [1.82, 2.24) is 10.2 Å². The summed E-state index contributed by atoms with van der Waals surface area (Å²) in [5, 5.41) is 2.83. The van der Waals surface area contributed by atoms with Crippen LogP contribution in [0.5, 0.6) is 0 Å². The van der Waals surface area contributed by atoms with E-state index in [1.165, 1.54) is 11.0 Å². The predicted octanol–water partition coefficient (Wildman–Crippen LogP) is 3.45. The summed E-state index contributed by atoms with van der Waals surface area (Å²) in [7, 11) is -3.93. The summed E-state index contributed by atoms with van der Waals surface area (Å²) in [4.78, 5) is 27.0. The molecule has 7 nitrogen and oxygen atoms in total. The van der Waals surface area contributed by atoms with Crippen LogP contribution in [0.3, 0.4) is 0 Å². The third kappa shape index (κ3) is 6.82. The summed E-state index contributed by atoms with van der Waals surface area (Å²) in [6, 6.07) is 9.24. The molecule has 11 heteroatoms. The molecule has 0 radical (unpaired) electrons. The maximum atomic E-state index is 13.6. The number of hydrogen-bond acceptors (Lipinski definition) is 4. The molecule has 2 rings (SSSR count). The summed E-state index contributed by atoms with van der Waals surface area (Å²) >= 11 is 11.8. The molecule has 0 heterocycles. The lowest BCUT2D eigenvalue weighted by Gasteiger charge is -2.31. The first-order chi connectivity index (χ1) is 14.9. The van der Waals surface area contributed by atoms with E-state index in [2.05, 4.69) is 5.32 Å². The maximum absolute atomic E-state index is 13.6. The van der Waals surface area contributed by atoms with Crippen LogP contribution in [0.1, 0.15) is 19.4 Å². The lowest BCUT2D eigenvalue weighted by Crippen LogP contribution is -2.51. The van der Waals surface area contributed by atoms with Gasteiger partial charge >= 0.3 is 0 Å². The average molecular weight is 504 g/mol. The molecule has 0 spiro atoms. The van der Waals surface area contributed by atoms with Gasteiger partial charge in [-0.25, -0.2) is 12.8 Å². The van der Waals surface area contributed by atoms with Crippen molar-refractivity contribution in [3.63, 3.8) is 0 Å². The molecule has 2 amide bonds. The fourth-order valence-electron chi connectivity index (χ4n) is 2.99. The van der Waals surface area contributed by atoms with Crippen LogP contribution < -0.4 is 9.62 Å². The molecule has 0 saturated carbocycles. The molecule has 1 N–H and O–H groups in total. The molecule has 0 aliphatic heterocycles. The number of amides is 2. The van der Waals surface area contributed by atoms with E-state index in [1.807, 2.05) is 0 Å². The Hall–Kier alpha value is -2.36. The number of hydrogen-bond donors (Lipinski definition) is 1. The number of nitrogens with zero attached hydrogens (tertiary/aromatic N) is 2. The van der Waals surface area contributed by atoms with Crippen LogP contribution in [-0.4, -0.2) is 50.5 Å². The molecule has 0 bridgehead atoms. The summed E-state index contributed by atoms with van der Waals surface area (Å²) in [5.41, 5.74) is 0.693. The van der Waals surface area contributed by atoms with Crippen molar-refractivity contribution in [1.29, 1.82) is 0 Å². The standard InChI is InChI=1S/C21H24Cl2FN3O4S/c1-4-25-21(29)14(2)26(12-15-6-5-7-16(22)10-15)20(28)13-27(32(3,30)31)17-8-9-19(24)18(23)11-17/h5-11,14H,4,12-13H2,1-3H3,(H,25,29). The van der Waals surface area contributed by atoms with E-state index >= 15 is 0 Å². The second kappa shape index (κ2) is 11.0. The number of halogens is 3. The Morgan fingerprint density at radius 2 is 1.84 bits per heavy atom. The monoisotopic (exact) mass is 503 g/mol. The normalized spacial score (nSPS) is 12.2. The molecule has 0 aromatic heterocycles. The minimum absolute atomic E-state index is 0.0273. The molecule has 2 aromatic carbocycles. The molecular weight excluding hydrogens is 480 g/mol. The highest BCUT2D eigenvalue weighted by Gasteiger charge is 2.30. The lowest BCUT2D eigenvalue weighted by atomic mass is 10.1. The first-order valence-corrected chi connectivity index (χ1v) is 12.3. The number of anilines is 1. The van der Waals surface area contributed by atoms with Gasteiger partial charge in [-0.1, -0.05) is 35.3 Å². The highest BCUT2D eigenvalue weighted by molar-refractivity contribution is 7.92. The van der Waals surface area contributed by atoms with E-state index in [-0.39, 0.29) is 17.3 Å². The van der Waals surface area contributed by atoms with Gasteiger partial charge in [-0.15, -0.1) is 0 Å². The van der Waals surface area contributed by atoms with Crippen LogP contribution in [0.4, 0.5) is 10.1 Å². The highest BCUT2D eigenvalue weighted by atomic mass is 35.5. The van der Waals surface area contributed by atoms with Crippen LogP contribution in [-0.2, 0) is 26.2 Å². The predicted molar refractivity (Wildman–Crippen MR) is 124 cm³/mol. The van der Waals surface area contributed by atoms with Gasteiger partial charge in [0, 0.05) is 18.1 Å². The smallest absolute Gasteiger partial charge is 0.244 e. The Bertz CT molecular complexity index is 1100. The third-order valence-corrected chi connectivity index (χ3v) is 6.30. The number of sulfonamides is 1. The largest absolute Gasteiger partial charge is 0.355 e. The second-order valence-corrected chi connectivity index (χ2v) is 9.84. The molecule has 0 fully saturated rings. The summed E-state index contributed by atoms with van der Waals surface area (Å²) in [5.74, 6) is -1.74. The van der Waals surface area contributed by atoms with E-state index in [9.17, 15) is 22.4 Å². The van der Waals surface area contributed by atoms with Gasteiger partial charge in [0.05, 0.1) is 17.0 Å². The van der Waals surface area contributed by atoms with E-state index in [4.69, 9.17) is 23.2 Å². The van der Waals surface area contributed by atoms with Gasteiger partial charge in [0.25, 0.3) is 0 Å². The van der Waals surface area contributed by atoms with Crippen LogP contribution in [0, 0.1) is 5.82 Å². The van der Waals surface area contributed by atoms with Crippen LogP contribution >= 0.6 is 23.2 Å². The van der Waals surface area contributed by atoms with Crippen molar-refractivity contribution in [3.05, 3.63) is 63.9 Å². The summed E-state index contributed by atoms with van der Waals surface area (Å²) in [6.45, 7) is 3.08.